The molecular weight excluding hydrogens is 286 g/mol. The van der Waals surface area contributed by atoms with Crippen molar-refractivity contribution in [3.63, 3.8) is 0 Å². The van der Waals surface area contributed by atoms with Gasteiger partial charge in [-0.2, -0.15) is 10.1 Å². The van der Waals surface area contributed by atoms with Crippen LogP contribution in [0.3, 0.4) is 0 Å². The molecule has 0 aliphatic heterocycles. The van der Waals surface area contributed by atoms with Crippen molar-refractivity contribution < 1.29 is 0 Å². The molecule has 1 saturated carbocycles. The van der Waals surface area contributed by atoms with Crippen molar-refractivity contribution >= 4 is 11.8 Å². The molecule has 23 heavy (non-hydrogen) atoms. The van der Waals surface area contributed by atoms with Crippen LogP contribution in [0, 0.1) is 0 Å². The Balaban J connectivity index is 1.47. The van der Waals surface area contributed by atoms with Gasteiger partial charge in [0.2, 0.25) is 5.95 Å². The van der Waals surface area contributed by atoms with Gasteiger partial charge in [-0.3, -0.25) is 0 Å². The lowest BCUT2D eigenvalue weighted by molar-refractivity contribution is 0.613. The molecule has 0 unspecified atom stereocenters. The molecule has 3 rings (SSSR count). The monoisotopic (exact) mass is 315 g/mol. The predicted molar refractivity (Wildman–Crippen MR) is 94.6 cm³/mol. The van der Waals surface area contributed by atoms with E-state index in [1.807, 2.05) is 0 Å². The normalized spacial score (nSPS) is 19.7. The van der Waals surface area contributed by atoms with Gasteiger partial charge < -0.3 is 10.6 Å². The van der Waals surface area contributed by atoms with Crippen molar-refractivity contribution in [1.29, 1.82) is 0 Å². The van der Waals surface area contributed by atoms with Gasteiger partial charge in [-0.1, -0.05) is 37.3 Å². The van der Waals surface area contributed by atoms with Crippen molar-refractivity contribution in [2.75, 3.05) is 17.2 Å². The summed E-state index contributed by atoms with van der Waals surface area (Å²) in [7, 11) is 0. The summed E-state index contributed by atoms with van der Waals surface area (Å²) in [5, 5.41) is 15.1. The maximum absolute atomic E-state index is 4.56. The third-order valence-corrected chi connectivity index (χ3v) is 4.88. The van der Waals surface area contributed by atoms with E-state index >= 15 is 0 Å². The first-order valence-corrected chi connectivity index (χ1v) is 9.28. The standard InChI is InChI=1S/C18H29N5/c1-2-7-11-16(10-6-1)21-18-22-17(14-20-23-18)19-13-12-15-8-4-3-5-9-15/h8,14,16H,1-7,9-13H2,(H2,19,21,22,23). The summed E-state index contributed by atoms with van der Waals surface area (Å²) in [6.45, 7) is 0.924. The first-order chi connectivity index (χ1) is 11.4. The summed E-state index contributed by atoms with van der Waals surface area (Å²) in [6.07, 6.45) is 18.2. The Morgan fingerprint density at radius 1 is 1.04 bits per heavy atom. The minimum atomic E-state index is 0.502. The number of anilines is 2. The average Bonchev–Trinajstić information content (AvgIpc) is 2.85. The summed E-state index contributed by atoms with van der Waals surface area (Å²) in [5.41, 5.74) is 1.59. The number of rotatable bonds is 6. The Labute approximate surface area is 139 Å². The lowest BCUT2D eigenvalue weighted by Gasteiger charge is -2.16. The Kier molecular flexibility index (Phi) is 6.24. The number of allylic oxidation sites excluding steroid dienone is 1. The molecule has 2 N–H and O–H groups in total. The highest BCUT2D eigenvalue weighted by atomic mass is 15.3. The van der Waals surface area contributed by atoms with E-state index in [0.717, 1.165) is 18.8 Å². The van der Waals surface area contributed by atoms with E-state index in [1.165, 1.54) is 64.2 Å². The molecule has 2 aliphatic rings. The number of hydrogen-bond donors (Lipinski definition) is 2. The molecule has 0 radical (unpaired) electrons. The first kappa shape index (κ1) is 16.2. The van der Waals surface area contributed by atoms with Crippen LogP contribution in [0.15, 0.2) is 17.8 Å². The zero-order valence-electron chi connectivity index (χ0n) is 14.1. The van der Waals surface area contributed by atoms with Crippen LogP contribution in [-0.2, 0) is 0 Å². The third-order valence-electron chi connectivity index (χ3n) is 4.88. The van der Waals surface area contributed by atoms with Gasteiger partial charge >= 0.3 is 0 Å². The van der Waals surface area contributed by atoms with Gasteiger partial charge in [-0.25, -0.2) is 0 Å². The molecule has 2 aliphatic carbocycles. The van der Waals surface area contributed by atoms with Gasteiger partial charge in [0.05, 0.1) is 6.20 Å². The number of nitrogens with one attached hydrogen (secondary N) is 2. The maximum Gasteiger partial charge on any atom is 0.244 e. The summed E-state index contributed by atoms with van der Waals surface area (Å²) in [5.74, 6) is 1.49. The van der Waals surface area contributed by atoms with Gasteiger partial charge in [-0.15, -0.1) is 5.10 Å². The number of hydrogen-bond acceptors (Lipinski definition) is 5. The molecule has 5 nitrogen and oxygen atoms in total. The molecule has 126 valence electrons. The maximum atomic E-state index is 4.56. The van der Waals surface area contributed by atoms with Gasteiger partial charge in [0.15, 0.2) is 5.82 Å². The molecular formula is C18H29N5. The highest BCUT2D eigenvalue weighted by Gasteiger charge is 2.13. The molecule has 1 heterocycles. The molecule has 0 amide bonds. The lowest BCUT2D eigenvalue weighted by atomic mass is 9.97. The first-order valence-electron chi connectivity index (χ1n) is 9.28. The second-order valence-corrected chi connectivity index (χ2v) is 6.78. The second kappa shape index (κ2) is 8.85. The van der Waals surface area contributed by atoms with E-state index in [0.29, 0.717) is 12.0 Å². The minimum absolute atomic E-state index is 0.502. The third kappa shape index (κ3) is 5.48. The quantitative estimate of drug-likeness (QED) is 0.605. The molecule has 1 fully saturated rings. The van der Waals surface area contributed by atoms with Crippen molar-refractivity contribution in [3.05, 3.63) is 17.8 Å². The molecule has 5 heteroatoms. The zero-order chi connectivity index (χ0) is 15.7. The second-order valence-electron chi connectivity index (χ2n) is 6.78. The zero-order valence-corrected chi connectivity index (χ0v) is 14.1. The van der Waals surface area contributed by atoms with Crippen LogP contribution in [0.4, 0.5) is 11.8 Å². The number of aromatic nitrogens is 3. The highest BCUT2D eigenvalue weighted by molar-refractivity contribution is 5.37. The average molecular weight is 315 g/mol. The Bertz CT molecular complexity index is 506. The molecule has 0 aromatic carbocycles. The van der Waals surface area contributed by atoms with Crippen molar-refractivity contribution in [2.24, 2.45) is 0 Å². The van der Waals surface area contributed by atoms with Crippen LogP contribution in [-0.4, -0.2) is 27.8 Å². The van der Waals surface area contributed by atoms with Crippen molar-refractivity contribution in [1.82, 2.24) is 15.2 Å². The minimum Gasteiger partial charge on any atom is -0.368 e. The summed E-state index contributed by atoms with van der Waals surface area (Å²) < 4.78 is 0. The SMILES string of the molecule is C1=C(CCNc2cnnc(NC3CCCCCC3)n2)CCCC1. The summed E-state index contributed by atoms with van der Waals surface area (Å²) in [4.78, 5) is 4.56. The fourth-order valence-electron chi connectivity index (χ4n) is 3.54. The van der Waals surface area contributed by atoms with Gasteiger partial charge in [0, 0.05) is 12.6 Å². The largest absolute Gasteiger partial charge is 0.368 e. The van der Waals surface area contributed by atoms with E-state index in [1.54, 1.807) is 11.8 Å². The fourth-order valence-corrected chi connectivity index (χ4v) is 3.54. The topological polar surface area (TPSA) is 62.7 Å². The van der Waals surface area contributed by atoms with Crippen LogP contribution < -0.4 is 10.6 Å². The Hall–Kier alpha value is -1.65. The van der Waals surface area contributed by atoms with E-state index in [4.69, 9.17) is 0 Å². The van der Waals surface area contributed by atoms with Gasteiger partial charge in [0.25, 0.3) is 0 Å². The molecule has 1 aromatic rings. The number of nitrogens with zero attached hydrogens (tertiary/aromatic N) is 3. The Morgan fingerprint density at radius 3 is 2.70 bits per heavy atom. The van der Waals surface area contributed by atoms with E-state index < -0.39 is 0 Å². The van der Waals surface area contributed by atoms with E-state index in [-0.39, 0.29) is 0 Å². The molecule has 0 atom stereocenters. The molecule has 0 bridgehead atoms. The summed E-state index contributed by atoms with van der Waals surface area (Å²) in [6, 6.07) is 0.502. The molecule has 1 aromatic heterocycles. The smallest absolute Gasteiger partial charge is 0.244 e. The van der Waals surface area contributed by atoms with Crippen LogP contribution in [0.1, 0.15) is 70.6 Å². The van der Waals surface area contributed by atoms with Gasteiger partial charge in [-0.05, 0) is 44.9 Å². The van der Waals surface area contributed by atoms with Gasteiger partial charge in [0.1, 0.15) is 0 Å². The Morgan fingerprint density at radius 2 is 1.91 bits per heavy atom. The van der Waals surface area contributed by atoms with Crippen LogP contribution in [0.25, 0.3) is 0 Å². The fraction of sp³-hybridized carbons (Fsp3) is 0.722. The lowest BCUT2D eigenvalue weighted by Crippen LogP contribution is -2.20. The van der Waals surface area contributed by atoms with Crippen LogP contribution in [0.2, 0.25) is 0 Å². The molecule has 0 spiro atoms. The van der Waals surface area contributed by atoms with Crippen molar-refractivity contribution in [2.45, 2.75) is 76.7 Å². The van der Waals surface area contributed by atoms with Crippen LogP contribution >= 0.6 is 0 Å². The molecule has 0 saturated heterocycles. The predicted octanol–water partition coefficient (Wildman–Crippen LogP) is 4.31. The van der Waals surface area contributed by atoms with Crippen molar-refractivity contribution in [3.8, 4) is 0 Å². The highest BCUT2D eigenvalue weighted by Crippen LogP contribution is 2.21. The van der Waals surface area contributed by atoms with Crippen LogP contribution in [0.5, 0.6) is 0 Å². The summed E-state index contributed by atoms with van der Waals surface area (Å²) >= 11 is 0. The van der Waals surface area contributed by atoms with E-state index in [9.17, 15) is 0 Å². The van der Waals surface area contributed by atoms with E-state index in [2.05, 4.69) is 31.9 Å².